The molecule has 0 unspecified atom stereocenters. The lowest BCUT2D eigenvalue weighted by Crippen LogP contribution is -2.47. The van der Waals surface area contributed by atoms with E-state index in [9.17, 15) is 9.59 Å². The number of hydrogen-bond acceptors (Lipinski definition) is 4. The van der Waals surface area contributed by atoms with Crippen LogP contribution in [0, 0.1) is 0 Å². The molecule has 0 aromatic rings. The van der Waals surface area contributed by atoms with Gasteiger partial charge in [0.15, 0.2) is 0 Å². The third kappa shape index (κ3) is 11.0. The van der Waals surface area contributed by atoms with Gasteiger partial charge in [-0.05, 0) is 6.42 Å². The Morgan fingerprint density at radius 1 is 1.00 bits per heavy atom. The van der Waals surface area contributed by atoms with Crippen LogP contribution < -0.4 is 5.32 Å². The van der Waals surface area contributed by atoms with Gasteiger partial charge in [0.05, 0.1) is 12.4 Å². The van der Waals surface area contributed by atoms with E-state index in [0.717, 1.165) is 12.8 Å². The van der Waals surface area contributed by atoms with Crippen molar-refractivity contribution in [2.24, 2.45) is 0 Å². The van der Waals surface area contributed by atoms with E-state index in [-0.39, 0.29) is 11.9 Å². The van der Waals surface area contributed by atoms with Crippen molar-refractivity contribution in [3.63, 3.8) is 0 Å². The Bertz CT molecular complexity index is 350. The van der Waals surface area contributed by atoms with E-state index in [1.54, 1.807) is 0 Å². The predicted octanol–water partition coefficient (Wildman–Crippen LogP) is 4.46. The Morgan fingerprint density at radius 2 is 1.54 bits per heavy atom. The number of thioether (sulfide) groups is 1. The van der Waals surface area contributed by atoms with Crippen molar-refractivity contribution in [1.29, 1.82) is 0 Å². The van der Waals surface area contributed by atoms with E-state index in [0.29, 0.717) is 18.1 Å². The Hall–Kier alpha value is -0.710. The van der Waals surface area contributed by atoms with E-state index in [1.807, 2.05) is 0 Å². The molecule has 0 aliphatic carbocycles. The summed E-state index contributed by atoms with van der Waals surface area (Å²) in [6.07, 6.45) is 15.5. The monoisotopic (exact) mass is 357 g/mol. The molecule has 1 aliphatic rings. The minimum absolute atomic E-state index is 0.0708. The van der Waals surface area contributed by atoms with E-state index >= 15 is 0 Å². The van der Waals surface area contributed by atoms with Crippen LogP contribution in [0.25, 0.3) is 0 Å². The minimum atomic E-state index is -0.450. The molecule has 1 atom stereocenters. The minimum Gasteiger partial charge on any atom is -0.464 e. The lowest BCUT2D eigenvalue weighted by Gasteiger charge is -2.21. The molecule has 0 aromatic heterocycles. The molecule has 0 spiro atoms. The fourth-order valence-corrected chi connectivity index (χ4v) is 3.73. The lowest BCUT2D eigenvalue weighted by molar-refractivity contribution is -0.147. The summed E-state index contributed by atoms with van der Waals surface area (Å²) in [6, 6.07) is -0.450. The highest BCUT2D eigenvalue weighted by molar-refractivity contribution is 8.00. The van der Waals surface area contributed by atoms with Gasteiger partial charge in [-0.3, -0.25) is 4.79 Å². The first-order chi connectivity index (χ1) is 11.7. The second-order valence-electron chi connectivity index (χ2n) is 6.69. The number of hydrogen-bond donors (Lipinski definition) is 1. The Morgan fingerprint density at radius 3 is 2.08 bits per heavy atom. The van der Waals surface area contributed by atoms with Gasteiger partial charge in [0, 0.05) is 5.75 Å². The number of unbranched alkanes of at least 4 members (excludes halogenated alkanes) is 11. The van der Waals surface area contributed by atoms with Crippen LogP contribution in [-0.4, -0.2) is 36.0 Å². The van der Waals surface area contributed by atoms with Gasteiger partial charge in [0.2, 0.25) is 5.91 Å². The smallest absolute Gasteiger partial charge is 0.329 e. The molecular formula is C19H35NO3S. The highest BCUT2D eigenvalue weighted by Gasteiger charge is 2.26. The molecule has 140 valence electrons. The van der Waals surface area contributed by atoms with Crippen LogP contribution in [0.5, 0.6) is 0 Å². The van der Waals surface area contributed by atoms with Crippen molar-refractivity contribution in [2.75, 3.05) is 18.1 Å². The lowest BCUT2D eigenvalue weighted by atomic mass is 10.1. The van der Waals surface area contributed by atoms with Gasteiger partial charge in [-0.2, -0.15) is 0 Å². The topological polar surface area (TPSA) is 55.4 Å². The van der Waals surface area contributed by atoms with E-state index in [4.69, 9.17) is 4.74 Å². The molecule has 1 aliphatic heterocycles. The average molecular weight is 358 g/mol. The first kappa shape index (κ1) is 21.3. The summed E-state index contributed by atoms with van der Waals surface area (Å²) in [6.45, 7) is 2.74. The molecular weight excluding hydrogens is 322 g/mol. The maximum Gasteiger partial charge on any atom is 0.329 e. The van der Waals surface area contributed by atoms with Crippen LogP contribution in [0.1, 0.15) is 84.0 Å². The molecule has 1 amide bonds. The Labute approximate surface area is 151 Å². The third-order valence-corrected chi connectivity index (χ3v) is 5.41. The normalized spacial score (nSPS) is 17.5. The Balaban J connectivity index is 1.82. The molecule has 1 fully saturated rings. The fourth-order valence-electron chi connectivity index (χ4n) is 2.89. The van der Waals surface area contributed by atoms with Gasteiger partial charge < -0.3 is 10.1 Å². The number of esters is 1. The first-order valence-corrected chi connectivity index (χ1v) is 10.9. The van der Waals surface area contributed by atoms with Crippen molar-refractivity contribution < 1.29 is 14.3 Å². The number of carbonyl (C=O) groups excluding carboxylic acids is 2. The van der Waals surface area contributed by atoms with Gasteiger partial charge >= 0.3 is 5.97 Å². The van der Waals surface area contributed by atoms with Crippen LogP contribution in [0.2, 0.25) is 0 Å². The van der Waals surface area contributed by atoms with Crippen LogP contribution in [0.3, 0.4) is 0 Å². The average Bonchev–Trinajstić information content (AvgIpc) is 2.59. The molecule has 5 heteroatoms. The predicted molar refractivity (Wildman–Crippen MR) is 101 cm³/mol. The van der Waals surface area contributed by atoms with Gasteiger partial charge in [-0.1, -0.05) is 77.6 Å². The van der Waals surface area contributed by atoms with Crippen LogP contribution in [-0.2, 0) is 14.3 Å². The summed E-state index contributed by atoms with van der Waals surface area (Å²) in [4.78, 5) is 23.0. The summed E-state index contributed by atoms with van der Waals surface area (Å²) in [5, 5.41) is 2.68. The summed E-state index contributed by atoms with van der Waals surface area (Å²) >= 11 is 1.49. The fraction of sp³-hybridized carbons (Fsp3) is 0.895. The van der Waals surface area contributed by atoms with Crippen molar-refractivity contribution in [1.82, 2.24) is 5.32 Å². The first-order valence-electron chi connectivity index (χ1n) is 9.77. The molecule has 0 aromatic carbocycles. The second kappa shape index (κ2) is 14.6. The second-order valence-corrected chi connectivity index (χ2v) is 7.72. The highest BCUT2D eigenvalue weighted by Crippen LogP contribution is 2.13. The standard InChI is InChI=1S/C19H35NO3S/c1-2-3-4-5-6-7-8-9-10-11-12-13-14-23-19(22)17-15-24-16-18(21)20-17/h17H,2-16H2,1H3,(H,20,21)/t17-/m0/s1. The third-order valence-electron chi connectivity index (χ3n) is 4.38. The zero-order chi connectivity index (χ0) is 17.5. The molecule has 24 heavy (non-hydrogen) atoms. The van der Waals surface area contributed by atoms with Crippen molar-refractivity contribution >= 4 is 23.6 Å². The molecule has 1 rings (SSSR count). The van der Waals surface area contributed by atoms with Crippen LogP contribution >= 0.6 is 11.8 Å². The number of amides is 1. The van der Waals surface area contributed by atoms with Crippen LogP contribution in [0.4, 0.5) is 0 Å². The van der Waals surface area contributed by atoms with Gasteiger partial charge in [-0.25, -0.2) is 4.79 Å². The SMILES string of the molecule is CCCCCCCCCCCCCCOC(=O)[C@@H]1CSCC(=O)N1. The van der Waals surface area contributed by atoms with E-state index in [2.05, 4.69) is 12.2 Å². The molecule has 1 N–H and O–H groups in total. The highest BCUT2D eigenvalue weighted by atomic mass is 32.2. The summed E-state index contributed by atoms with van der Waals surface area (Å²) in [7, 11) is 0. The van der Waals surface area contributed by atoms with Crippen molar-refractivity contribution in [2.45, 2.75) is 90.0 Å². The van der Waals surface area contributed by atoms with E-state index < -0.39 is 6.04 Å². The number of ether oxygens (including phenoxy) is 1. The molecule has 0 radical (unpaired) electrons. The van der Waals surface area contributed by atoms with Crippen molar-refractivity contribution in [3.8, 4) is 0 Å². The van der Waals surface area contributed by atoms with Crippen LogP contribution in [0.15, 0.2) is 0 Å². The summed E-state index contributed by atoms with van der Waals surface area (Å²) in [5.74, 6) is 0.725. The molecule has 0 saturated carbocycles. The quantitative estimate of drug-likeness (QED) is 0.368. The zero-order valence-corrected chi connectivity index (χ0v) is 16.1. The largest absolute Gasteiger partial charge is 0.464 e. The summed E-state index contributed by atoms with van der Waals surface area (Å²) in [5.41, 5.74) is 0. The Kier molecular flexibility index (Phi) is 13.0. The van der Waals surface area contributed by atoms with Gasteiger partial charge in [-0.15, -0.1) is 11.8 Å². The van der Waals surface area contributed by atoms with Gasteiger partial charge in [0.1, 0.15) is 6.04 Å². The molecule has 0 bridgehead atoms. The molecule has 4 nitrogen and oxygen atoms in total. The summed E-state index contributed by atoms with van der Waals surface area (Å²) < 4.78 is 5.25. The maximum absolute atomic E-state index is 11.8. The molecule has 1 heterocycles. The number of rotatable bonds is 14. The van der Waals surface area contributed by atoms with E-state index in [1.165, 1.54) is 76.0 Å². The van der Waals surface area contributed by atoms with Gasteiger partial charge in [0.25, 0.3) is 0 Å². The number of carbonyl (C=O) groups is 2. The maximum atomic E-state index is 11.8. The van der Waals surface area contributed by atoms with Crippen molar-refractivity contribution in [3.05, 3.63) is 0 Å². The molecule has 1 saturated heterocycles. The number of nitrogens with one attached hydrogen (secondary N) is 1. The zero-order valence-electron chi connectivity index (χ0n) is 15.3.